The number of rotatable bonds is 5. The third-order valence-corrected chi connectivity index (χ3v) is 6.22. The van der Waals surface area contributed by atoms with Crippen LogP contribution in [0.2, 0.25) is 0 Å². The van der Waals surface area contributed by atoms with Gasteiger partial charge in [0.1, 0.15) is 0 Å². The highest BCUT2D eigenvalue weighted by Crippen LogP contribution is 2.19. The van der Waals surface area contributed by atoms with Crippen molar-refractivity contribution in [2.75, 3.05) is 12.3 Å². The average molecular weight is 357 g/mol. The Morgan fingerprint density at radius 2 is 1.72 bits per heavy atom. The van der Waals surface area contributed by atoms with Crippen molar-refractivity contribution in [3.63, 3.8) is 0 Å². The molecule has 0 radical (unpaired) electrons. The van der Waals surface area contributed by atoms with Gasteiger partial charge >= 0.3 is 0 Å². The Morgan fingerprint density at radius 1 is 1.04 bits per heavy atom. The molecular weight excluding hydrogens is 334 g/mol. The number of carbonyl (C=O) groups is 1. The van der Waals surface area contributed by atoms with Crippen LogP contribution in [0.4, 0.5) is 0 Å². The number of benzene rings is 2. The van der Waals surface area contributed by atoms with Crippen LogP contribution in [0.25, 0.3) is 0 Å². The molecule has 0 N–H and O–H groups in total. The number of aryl methyl sites for hydroxylation is 1. The van der Waals surface area contributed by atoms with Crippen molar-refractivity contribution >= 4 is 15.7 Å². The maximum atomic E-state index is 12.4. The lowest BCUT2D eigenvalue weighted by molar-refractivity contribution is -0.131. The molecular formula is C20H23NO3S. The van der Waals surface area contributed by atoms with Crippen LogP contribution >= 0.6 is 0 Å². The summed E-state index contributed by atoms with van der Waals surface area (Å²) in [5, 5.41) is 0. The molecule has 1 heterocycles. The number of nitrogens with zero attached hydrogens (tertiary/aromatic N) is 1. The molecule has 2 aromatic rings. The van der Waals surface area contributed by atoms with E-state index in [2.05, 4.69) is 6.07 Å². The number of hydrogen-bond acceptors (Lipinski definition) is 3. The zero-order valence-corrected chi connectivity index (χ0v) is 15.3. The van der Waals surface area contributed by atoms with Gasteiger partial charge in [-0.25, -0.2) is 8.42 Å². The molecule has 0 saturated heterocycles. The van der Waals surface area contributed by atoms with Gasteiger partial charge in [0.15, 0.2) is 9.84 Å². The number of carbonyl (C=O) groups excluding carboxylic acids is 1. The predicted octanol–water partition coefficient (Wildman–Crippen LogP) is 2.88. The lowest BCUT2D eigenvalue weighted by atomic mass is 10.00. The molecule has 0 atom stereocenters. The van der Waals surface area contributed by atoms with Crippen LogP contribution in [0.5, 0.6) is 0 Å². The summed E-state index contributed by atoms with van der Waals surface area (Å²) >= 11 is 0. The minimum absolute atomic E-state index is 0.0105. The first-order valence-corrected chi connectivity index (χ1v) is 10.4. The summed E-state index contributed by atoms with van der Waals surface area (Å²) in [5.74, 6) is -0.191. The summed E-state index contributed by atoms with van der Waals surface area (Å²) in [6.07, 6.45) is 0.883. The minimum Gasteiger partial charge on any atom is -0.338 e. The zero-order valence-electron chi connectivity index (χ0n) is 14.4. The fraction of sp³-hybridized carbons (Fsp3) is 0.350. The van der Waals surface area contributed by atoms with Crippen LogP contribution in [-0.2, 0) is 33.4 Å². The highest BCUT2D eigenvalue weighted by Gasteiger charge is 2.22. The predicted molar refractivity (Wildman–Crippen MR) is 98.8 cm³/mol. The first-order valence-electron chi connectivity index (χ1n) is 8.53. The van der Waals surface area contributed by atoms with Gasteiger partial charge in [-0.1, -0.05) is 54.1 Å². The fourth-order valence-electron chi connectivity index (χ4n) is 3.12. The summed E-state index contributed by atoms with van der Waals surface area (Å²) in [6.45, 7) is 3.20. The van der Waals surface area contributed by atoms with Gasteiger partial charge in [0, 0.05) is 19.5 Å². The van der Waals surface area contributed by atoms with Gasteiger partial charge < -0.3 is 4.90 Å². The summed E-state index contributed by atoms with van der Waals surface area (Å²) in [5.41, 5.74) is 4.30. The van der Waals surface area contributed by atoms with E-state index in [1.807, 2.05) is 49.4 Å². The van der Waals surface area contributed by atoms with Crippen LogP contribution in [0.3, 0.4) is 0 Å². The van der Waals surface area contributed by atoms with Crippen molar-refractivity contribution < 1.29 is 13.2 Å². The molecule has 0 saturated carbocycles. The molecule has 3 rings (SSSR count). The van der Waals surface area contributed by atoms with Crippen LogP contribution < -0.4 is 0 Å². The molecule has 25 heavy (non-hydrogen) atoms. The molecule has 0 bridgehead atoms. The van der Waals surface area contributed by atoms with Crippen LogP contribution in [0.1, 0.15) is 28.7 Å². The van der Waals surface area contributed by atoms with Crippen molar-refractivity contribution in [1.29, 1.82) is 0 Å². The molecule has 132 valence electrons. The fourth-order valence-corrected chi connectivity index (χ4v) is 4.45. The van der Waals surface area contributed by atoms with E-state index in [-0.39, 0.29) is 23.8 Å². The minimum atomic E-state index is -3.29. The van der Waals surface area contributed by atoms with E-state index < -0.39 is 9.84 Å². The lowest BCUT2D eigenvalue weighted by Gasteiger charge is -2.29. The first kappa shape index (κ1) is 17.7. The number of fused-ring (bicyclic) bond motifs is 1. The lowest BCUT2D eigenvalue weighted by Crippen LogP contribution is -2.36. The molecule has 4 nitrogen and oxygen atoms in total. The molecule has 0 unspecified atom stereocenters. The Balaban J connectivity index is 1.56. The first-order chi connectivity index (χ1) is 11.9. The van der Waals surface area contributed by atoms with Crippen LogP contribution in [0.15, 0.2) is 48.5 Å². The molecule has 1 aliphatic heterocycles. The van der Waals surface area contributed by atoms with E-state index in [0.717, 1.165) is 23.1 Å². The second-order valence-electron chi connectivity index (χ2n) is 6.66. The van der Waals surface area contributed by atoms with E-state index in [1.54, 1.807) is 4.90 Å². The second kappa shape index (κ2) is 7.40. The van der Waals surface area contributed by atoms with Crippen molar-refractivity contribution in [3.05, 3.63) is 70.8 Å². The molecule has 0 aromatic heterocycles. The maximum absolute atomic E-state index is 12.4. The van der Waals surface area contributed by atoms with Gasteiger partial charge in [-0.15, -0.1) is 0 Å². The van der Waals surface area contributed by atoms with Gasteiger partial charge in [0.05, 0.1) is 11.5 Å². The summed E-state index contributed by atoms with van der Waals surface area (Å²) < 4.78 is 24.6. The zero-order chi connectivity index (χ0) is 17.9. The van der Waals surface area contributed by atoms with Crippen molar-refractivity contribution in [2.24, 2.45) is 0 Å². The highest BCUT2D eigenvalue weighted by molar-refractivity contribution is 7.90. The molecule has 0 aliphatic carbocycles. The Hall–Kier alpha value is -2.14. The molecule has 1 amide bonds. The van der Waals surface area contributed by atoms with Crippen molar-refractivity contribution in [2.45, 2.75) is 32.1 Å². The Labute approximate surface area is 149 Å². The molecule has 2 aromatic carbocycles. The van der Waals surface area contributed by atoms with Gasteiger partial charge in [0.2, 0.25) is 5.91 Å². The quantitative estimate of drug-likeness (QED) is 0.827. The smallest absolute Gasteiger partial charge is 0.223 e. The molecule has 1 aliphatic rings. The number of sulfone groups is 1. The van der Waals surface area contributed by atoms with Crippen molar-refractivity contribution in [1.82, 2.24) is 4.90 Å². The Morgan fingerprint density at radius 3 is 2.44 bits per heavy atom. The second-order valence-corrected chi connectivity index (χ2v) is 8.85. The topological polar surface area (TPSA) is 54.5 Å². The molecule has 0 fully saturated rings. The molecule has 0 spiro atoms. The van der Waals surface area contributed by atoms with E-state index in [4.69, 9.17) is 0 Å². The van der Waals surface area contributed by atoms with Gasteiger partial charge in [-0.05, 0) is 30.0 Å². The summed E-state index contributed by atoms with van der Waals surface area (Å²) in [6, 6.07) is 15.6. The molecule has 5 heteroatoms. The van der Waals surface area contributed by atoms with Crippen LogP contribution in [0, 0.1) is 6.92 Å². The number of amides is 1. The van der Waals surface area contributed by atoms with Crippen molar-refractivity contribution in [3.8, 4) is 0 Å². The normalized spacial score (nSPS) is 14.2. The van der Waals surface area contributed by atoms with E-state index in [9.17, 15) is 13.2 Å². The third kappa shape index (κ3) is 4.69. The maximum Gasteiger partial charge on any atom is 0.223 e. The van der Waals surface area contributed by atoms with Gasteiger partial charge in [0.25, 0.3) is 0 Å². The standard InChI is InChI=1S/C20H23NO3S/c1-16-6-8-17(9-7-16)15-25(23,24)13-11-20(22)21-12-10-18-4-2-3-5-19(18)14-21/h2-9H,10-15H2,1H3. The third-order valence-electron chi connectivity index (χ3n) is 4.62. The van der Waals surface area contributed by atoms with E-state index in [0.29, 0.717) is 13.1 Å². The average Bonchev–Trinajstić information content (AvgIpc) is 2.61. The highest BCUT2D eigenvalue weighted by atomic mass is 32.2. The van der Waals surface area contributed by atoms with Crippen LogP contribution in [-0.4, -0.2) is 31.5 Å². The SMILES string of the molecule is Cc1ccc(CS(=O)(=O)CCC(=O)N2CCc3ccccc3C2)cc1. The monoisotopic (exact) mass is 357 g/mol. The van der Waals surface area contributed by atoms with Gasteiger partial charge in [-0.2, -0.15) is 0 Å². The summed E-state index contributed by atoms with van der Waals surface area (Å²) in [4.78, 5) is 14.2. The largest absolute Gasteiger partial charge is 0.338 e. The number of hydrogen-bond donors (Lipinski definition) is 0. The van der Waals surface area contributed by atoms with Gasteiger partial charge in [-0.3, -0.25) is 4.79 Å². The Bertz CT molecular complexity index is 857. The van der Waals surface area contributed by atoms with E-state index in [1.165, 1.54) is 5.56 Å². The Kier molecular flexibility index (Phi) is 5.23. The van der Waals surface area contributed by atoms with E-state index >= 15 is 0 Å². The summed E-state index contributed by atoms with van der Waals surface area (Å²) in [7, 11) is -3.29.